The predicted molar refractivity (Wildman–Crippen MR) is 133 cm³/mol. The SMILES string of the molecule is CC(=O)N1CCN(c2ccc(C(=O)Nc3nc(-c4cccnc4COC[C@H](C)O)cs3)nc2)CC1. The number of hydrogen-bond acceptors (Lipinski definition) is 9. The van der Waals surface area contributed by atoms with Crippen LogP contribution in [0.1, 0.15) is 30.0 Å². The van der Waals surface area contributed by atoms with Crippen molar-refractivity contribution in [2.24, 2.45) is 0 Å². The summed E-state index contributed by atoms with van der Waals surface area (Å²) in [5.41, 5.74) is 3.41. The lowest BCUT2D eigenvalue weighted by Gasteiger charge is -2.35. The first-order chi connectivity index (χ1) is 16.9. The van der Waals surface area contributed by atoms with Crippen LogP contribution < -0.4 is 10.2 Å². The second-order valence-electron chi connectivity index (χ2n) is 8.25. The van der Waals surface area contributed by atoms with Crippen molar-refractivity contribution in [3.05, 3.63) is 53.4 Å². The molecule has 3 aromatic rings. The van der Waals surface area contributed by atoms with E-state index in [9.17, 15) is 14.7 Å². The average Bonchev–Trinajstić information content (AvgIpc) is 3.32. The first kappa shape index (κ1) is 24.7. The Morgan fingerprint density at radius 3 is 2.69 bits per heavy atom. The number of nitrogens with zero attached hydrogens (tertiary/aromatic N) is 5. The van der Waals surface area contributed by atoms with Crippen molar-refractivity contribution in [3.63, 3.8) is 0 Å². The van der Waals surface area contributed by atoms with Crippen molar-refractivity contribution < 1.29 is 19.4 Å². The minimum atomic E-state index is -0.553. The fourth-order valence-corrected chi connectivity index (χ4v) is 4.42. The number of nitrogens with one attached hydrogen (secondary N) is 1. The van der Waals surface area contributed by atoms with Gasteiger partial charge in [-0.2, -0.15) is 0 Å². The maximum atomic E-state index is 12.7. The molecule has 0 saturated carbocycles. The van der Waals surface area contributed by atoms with E-state index in [1.165, 1.54) is 11.3 Å². The number of rotatable bonds is 8. The van der Waals surface area contributed by atoms with E-state index in [0.717, 1.165) is 24.3 Å². The van der Waals surface area contributed by atoms with Crippen LogP contribution in [0.2, 0.25) is 0 Å². The number of carbonyl (C=O) groups excluding carboxylic acids is 2. The third-order valence-corrected chi connectivity index (χ3v) is 6.32. The highest BCUT2D eigenvalue weighted by Gasteiger charge is 2.20. The van der Waals surface area contributed by atoms with Gasteiger partial charge in [0.05, 0.1) is 42.6 Å². The maximum absolute atomic E-state index is 12.7. The Hall–Kier alpha value is -3.41. The Bertz CT molecular complexity index is 1160. The molecular weight excluding hydrogens is 468 g/mol. The van der Waals surface area contributed by atoms with Crippen LogP contribution in [-0.4, -0.2) is 75.7 Å². The minimum Gasteiger partial charge on any atom is -0.391 e. The number of pyridine rings is 2. The molecule has 0 unspecified atom stereocenters. The Balaban J connectivity index is 1.37. The fourth-order valence-electron chi connectivity index (χ4n) is 3.72. The van der Waals surface area contributed by atoms with Crippen molar-refractivity contribution >= 4 is 34.0 Å². The van der Waals surface area contributed by atoms with Gasteiger partial charge in [-0.1, -0.05) is 0 Å². The van der Waals surface area contributed by atoms with Gasteiger partial charge < -0.3 is 19.6 Å². The molecule has 1 aliphatic heterocycles. The summed E-state index contributed by atoms with van der Waals surface area (Å²) in [5.74, 6) is -0.255. The molecule has 1 fully saturated rings. The lowest BCUT2D eigenvalue weighted by molar-refractivity contribution is -0.129. The summed E-state index contributed by atoms with van der Waals surface area (Å²) in [6.07, 6.45) is 2.81. The summed E-state index contributed by atoms with van der Waals surface area (Å²) in [7, 11) is 0. The highest BCUT2D eigenvalue weighted by molar-refractivity contribution is 7.14. The Morgan fingerprint density at radius 2 is 2.00 bits per heavy atom. The second kappa shape index (κ2) is 11.3. The molecule has 2 N–H and O–H groups in total. The van der Waals surface area contributed by atoms with Crippen LogP contribution in [0.3, 0.4) is 0 Å². The van der Waals surface area contributed by atoms with Gasteiger partial charge in [-0.05, 0) is 31.2 Å². The monoisotopic (exact) mass is 496 g/mol. The molecule has 0 bridgehead atoms. The van der Waals surface area contributed by atoms with Gasteiger partial charge >= 0.3 is 0 Å². The predicted octanol–water partition coefficient (Wildman–Crippen LogP) is 2.42. The highest BCUT2D eigenvalue weighted by Crippen LogP contribution is 2.27. The zero-order valence-corrected chi connectivity index (χ0v) is 20.5. The van der Waals surface area contributed by atoms with Gasteiger partial charge in [-0.3, -0.25) is 19.9 Å². The first-order valence-electron chi connectivity index (χ1n) is 11.3. The summed E-state index contributed by atoms with van der Waals surface area (Å²) in [6, 6.07) is 7.27. The molecule has 11 heteroatoms. The van der Waals surface area contributed by atoms with E-state index in [4.69, 9.17) is 4.74 Å². The van der Waals surface area contributed by atoms with Gasteiger partial charge in [0.25, 0.3) is 5.91 Å². The molecular formula is C24H28N6O4S. The van der Waals surface area contributed by atoms with Crippen molar-refractivity contribution in [2.45, 2.75) is 26.6 Å². The van der Waals surface area contributed by atoms with Crippen LogP contribution in [0.4, 0.5) is 10.8 Å². The van der Waals surface area contributed by atoms with Crippen molar-refractivity contribution in [3.8, 4) is 11.3 Å². The lowest BCUT2D eigenvalue weighted by atomic mass is 10.1. The average molecular weight is 497 g/mol. The summed E-state index contributed by atoms with van der Waals surface area (Å²) in [5, 5.41) is 14.5. The van der Waals surface area contributed by atoms with E-state index in [2.05, 4.69) is 25.2 Å². The molecule has 2 amide bonds. The van der Waals surface area contributed by atoms with E-state index in [-0.39, 0.29) is 25.0 Å². The van der Waals surface area contributed by atoms with Crippen LogP contribution in [-0.2, 0) is 16.1 Å². The molecule has 0 spiro atoms. The molecule has 10 nitrogen and oxygen atoms in total. The number of hydrogen-bond donors (Lipinski definition) is 2. The summed E-state index contributed by atoms with van der Waals surface area (Å²) in [4.78, 5) is 41.4. The smallest absolute Gasteiger partial charge is 0.276 e. The van der Waals surface area contributed by atoms with E-state index < -0.39 is 6.10 Å². The molecule has 1 saturated heterocycles. The lowest BCUT2D eigenvalue weighted by Crippen LogP contribution is -2.48. The summed E-state index contributed by atoms with van der Waals surface area (Å²) >= 11 is 1.31. The third kappa shape index (κ3) is 6.38. The van der Waals surface area contributed by atoms with Gasteiger partial charge in [0.15, 0.2) is 5.13 Å². The maximum Gasteiger partial charge on any atom is 0.276 e. The number of ether oxygens (including phenoxy) is 1. The van der Waals surface area contributed by atoms with E-state index in [1.807, 2.05) is 28.5 Å². The number of amides is 2. The number of carbonyl (C=O) groups is 2. The number of aliphatic hydroxyl groups excluding tert-OH is 1. The van der Waals surface area contributed by atoms with Crippen LogP contribution in [0.15, 0.2) is 42.0 Å². The number of aromatic nitrogens is 3. The van der Waals surface area contributed by atoms with Crippen molar-refractivity contribution in [1.82, 2.24) is 19.9 Å². The minimum absolute atomic E-state index is 0.0875. The quantitative estimate of drug-likeness (QED) is 0.488. The molecule has 4 rings (SSSR count). The number of anilines is 2. The largest absolute Gasteiger partial charge is 0.391 e. The number of thiazole rings is 1. The first-order valence-corrected chi connectivity index (χ1v) is 12.2. The summed E-state index contributed by atoms with van der Waals surface area (Å²) < 4.78 is 5.51. The van der Waals surface area contributed by atoms with Gasteiger partial charge in [0.1, 0.15) is 5.69 Å². The molecule has 184 valence electrons. The van der Waals surface area contributed by atoms with Gasteiger partial charge in [0.2, 0.25) is 5.91 Å². The van der Waals surface area contributed by atoms with Crippen LogP contribution in [0.5, 0.6) is 0 Å². The van der Waals surface area contributed by atoms with E-state index in [0.29, 0.717) is 35.3 Å². The zero-order chi connectivity index (χ0) is 24.8. The molecule has 3 aromatic heterocycles. The summed E-state index contributed by atoms with van der Waals surface area (Å²) in [6.45, 7) is 6.53. The van der Waals surface area contributed by atoms with Gasteiger partial charge in [-0.15, -0.1) is 11.3 Å². The molecule has 35 heavy (non-hydrogen) atoms. The van der Waals surface area contributed by atoms with Crippen LogP contribution in [0.25, 0.3) is 11.3 Å². The fraction of sp³-hybridized carbons (Fsp3) is 0.375. The standard InChI is InChI=1S/C24H28N6O4S/c1-16(31)13-34-14-21-19(4-3-7-25-21)22-15-35-24(27-22)28-23(33)20-6-5-18(12-26-20)30-10-8-29(9-11-30)17(2)32/h3-7,12,15-16,31H,8-11,13-14H2,1-2H3,(H,27,28,33)/t16-/m0/s1. The normalized spacial score (nSPS) is 14.6. The Kier molecular flexibility index (Phi) is 8.01. The van der Waals surface area contributed by atoms with E-state index >= 15 is 0 Å². The van der Waals surface area contributed by atoms with E-state index in [1.54, 1.807) is 32.3 Å². The molecule has 0 aromatic carbocycles. The third-order valence-electron chi connectivity index (χ3n) is 5.56. The topological polar surface area (TPSA) is 121 Å². The molecule has 1 atom stereocenters. The van der Waals surface area contributed by atoms with Gasteiger partial charge in [-0.25, -0.2) is 9.97 Å². The molecule has 0 aliphatic carbocycles. The number of piperazine rings is 1. The number of aliphatic hydroxyl groups is 1. The Morgan fingerprint density at radius 1 is 1.20 bits per heavy atom. The highest BCUT2D eigenvalue weighted by atomic mass is 32.1. The molecule has 1 aliphatic rings. The molecule has 0 radical (unpaired) electrons. The van der Waals surface area contributed by atoms with Crippen LogP contribution in [0, 0.1) is 0 Å². The van der Waals surface area contributed by atoms with Gasteiger partial charge in [0, 0.05) is 50.2 Å². The van der Waals surface area contributed by atoms with Crippen molar-refractivity contribution in [2.75, 3.05) is 43.0 Å². The Labute approximate surface area is 207 Å². The van der Waals surface area contributed by atoms with Crippen molar-refractivity contribution in [1.29, 1.82) is 0 Å². The zero-order valence-electron chi connectivity index (χ0n) is 19.7. The second-order valence-corrected chi connectivity index (χ2v) is 9.11. The van der Waals surface area contributed by atoms with Crippen LogP contribution >= 0.6 is 11.3 Å². The molecule has 4 heterocycles.